The molecule has 2 aliphatic heterocycles. The molecule has 1 unspecified atom stereocenters. The maximum absolute atomic E-state index is 12.9. The molecule has 5 rings (SSSR count). The molecule has 5 N–H and O–H groups in total. The summed E-state index contributed by atoms with van der Waals surface area (Å²) in [7, 11) is 0. The van der Waals surface area contributed by atoms with Gasteiger partial charge in [0.15, 0.2) is 5.13 Å². The lowest BCUT2D eigenvalue weighted by atomic mass is 10.0. The molecule has 16 heteroatoms. The number of nitrogens with one attached hydrogen (secondary N) is 1. The minimum absolute atomic E-state index is 0.0712. The largest absolute Gasteiger partial charge is 0.477 e. The van der Waals surface area contributed by atoms with Gasteiger partial charge in [-0.2, -0.15) is 9.36 Å². The third kappa shape index (κ3) is 4.16. The Morgan fingerprint density at radius 3 is 2.86 bits per heavy atom. The highest BCUT2D eigenvalue weighted by molar-refractivity contribution is 8.00. The number of nitrogens with zero attached hydrogens (tertiary/aromatic N) is 7. The Morgan fingerprint density at radius 1 is 1.36 bits per heavy atom. The Bertz CT molecular complexity index is 1420. The number of hydrogen-bond acceptors (Lipinski definition) is 12. The van der Waals surface area contributed by atoms with Gasteiger partial charge in [0.1, 0.15) is 17.1 Å². The first kappa shape index (κ1) is 23.4. The van der Waals surface area contributed by atoms with Gasteiger partial charge in [0.25, 0.3) is 11.8 Å². The molecule has 0 saturated carbocycles. The van der Waals surface area contributed by atoms with Crippen LogP contribution in [0.4, 0.5) is 5.13 Å². The molecular formula is C20H17N9O5S2. The van der Waals surface area contributed by atoms with Gasteiger partial charge in [0.2, 0.25) is 11.5 Å². The normalized spacial score (nSPS) is 19.6. The molecule has 3 aromatic heterocycles. The number of carbonyl (C=O) groups excluding carboxylic acids is 2. The van der Waals surface area contributed by atoms with Crippen molar-refractivity contribution in [2.75, 3.05) is 11.5 Å². The number of amides is 2. The highest BCUT2D eigenvalue weighted by Crippen LogP contribution is 2.40. The molecule has 14 nitrogen and oxygen atoms in total. The molecule has 3 aromatic rings. The van der Waals surface area contributed by atoms with Crippen molar-refractivity contribution in [1.29, 1.82) is 0 Å². The number of aliphatic carboxylic acids is 1. The van der Waals surface area contributed by atoms with E-state index in [1.54, 1.807) is 35.6 Å². The fourth-order valence-corrected chi connectivity index (χ4v) is 5.64. The van der Waals surface area contributed by atoms with E-state index in [0.29, 0.717) is 17.0 Å². The zero-order chi connectivity index (χ0) is 25.4. The van der Waals surface area contributed by atoms with Gasteiger partial charge >= 0.3 is 5.97 Å². The number of carbonyl (C=O) groups is 3. The van der Waals surface area contributed by atoms with E-state index < -0.39 is 34.9 Å². The van der Waals surface area contributed by atoms with Crippen LogP contribution >= 0.6 is 23.3 Å². The first-order valence-corrected chi connectivity index (χ1v) is 12.1. The van der Waals surface area contributed by atoms with Gasteiger partial charge < -0.3 is 25.9 Å². The SMILES string of the molecule is Nc1nc(/C(=N/O)C(=O)N[C@@H]2C(=O)N3C(C(=O)O)=C(Cn4cnc(-c5cccnc5)c4)CSC23)ns1. The van der Waals surface area contributed by atoms with E-state index in [1.807, 2.05) is 6.07 Å². The molecule has 5 heterocycles. The first-order valence-electron chi connectivity index (χ1n) is 10.3. The van der Waals surface area contributed by atoms with Crippen LogP contribution in [0, 0.1) is 0 Å². The highest BCUT2D eigenvalue weighted by Gasteiger charge is 2.54. The minimum atomic E-state index is -1.25. The number of nitrogen functional groups attached to an aromatic ring is 1. The lowest BCUT2D eigenvalue weighted by Gasteiger charge is -2.49. The Balaban J connectivity index is 1.33. The number of carboxylic acid groups (broad SMARTS) is 1. The lowest BCUT2D eigenvalue weighted by Crippen LogP contribution is -2.71. The van der Waals surface area contributed by atoms with Crippen LogP contribution in [-0.4, -0.2) is 79.8 Å². The fourth-order valence-electron chi connectivity index (χ4n) is 3.87. The summed E-state index contributed by atoms with van der Waals surface area (Å²) in [6.45, 7) is 0.216. The summed E-state index contributed by atoms with van der Waals surface area (Å²) < 4.78 is 5.56. The average Bonchev–Trinajstić information content (AvgIpc) is 3.52. The van der Waals surface area contributed by atoms with Crippen LogP contribution in [0.1, 0.15) is 5.82 Å². The predicted octanol–water partition coefficient (Wildman–Crippen LogP) is -0.00410. The van der Waals surface area contributed by atoms with Gasteiger partial charge in [-0.05, 0) is 17.7 Å². The van der Waals surface area contributed by atoms with Crippen LogP contribution < -0.4 is 11.1 Å². The number of β-lactam (4-membered cyclic amide) rings is 1. The summed E-state index contributed by atoms with van der Waals surface area (Å²) in [5.41, 5.74) is 6.90. The molecule has 0 aromatic carbocycles. The minimum Gasteiger partial charge on any atom is -0.477 e. The molecule has 0 bridgehead atoms. The average molecular weight is 528 g/mol. The van der Waals surface area contributed by atoms with Crippen molar-refractivity contribution in [3.8, 4) is 11.3 Å². The molecule has 2 aliphatic rings. The van der Waals surface area contributed by atoms with E-state index in [9.17, 15) is 24.7 Å². The summed E-state index contributed by atoms with van der Waals surface area (Å²) in [5, 5.41) is 24.0. The topological polar surface area (TPSA) is 202 Å². The summed E-state index contributed by atoms with van der Waals surface area (Å²) in [6.07, 6.45) is 6.69. The molecule has 36 heavy (non-hydrogen) atoms. The zero-order valence-electron chi connectivity index (χ0n) is 18.2. The van der Waals surface area contributed by atoms with Crippen molar-refractivity contribution in [2.45, 2.75) is 18.0 Å². The van der Waals surface area contributed by atoms with Gasteiger partial charge in [-0.3, -0.25) is 19.5 Å². The summed E-state index contributed by atoms with van der Waals surface area (Å²) >= 11 is 2.12. The number of anilines is 1. The number of thioether (sulfide) groups is 1. The monoisotopic (exact) mass is 527 g/mol. The van der Waals surface area contributed by atoms with Crippen molar-refractivity contribution in [3.63, 3.8) is 0 Å². The number of hydrogen-bond donors (Lipinski definition) is 4. The molecule has 0 aliphatic carbocycles. The van der Waals surface area contributed by atoms with Crippen molar-refractivity contribution in [1.82, 2.24) is 34.1 Å². The maximum atomic E-state index is 12.9. The van der Waals surface area contributed by atoms with Crippen LogP contribution in [0.2, 0.25) is 0 Å². The number of imidazole rings is 1. The van der Waals surface area contributed by atoms with Gasteiger partial charge in [0, 0.05) is 48.0 Å². The van der Waals surface area contributed by atoms with Crippen LogP contribution in [-0.2, 0) is 20.9 Å². The van der Waals surface area contributed by atoms with Crippen molar-refractivity contribution in [3.05, 3.63) is 54.1 Å². The standard InChI is InChI=1S/C20H17N9O5S2/c21-20-25-15(27-36-20)12(26-34)16(30)24-13-17(31)29-14(19(32)33)10(7-35-18(13)29)5-28-6-11(23-8-28)9-2-1-3-22-4-9/h1-4,6,8,13,18,34H,5,7H2,(H,24,30)(H,32,33)(H2,21,25,27)/b26-12-/t13-,18?/m1/s1. The molecule has 184 valence electrons. The smallest absolute Gasteiger partial charge is 0.352 e. The van der Waals surface area contributed by atoms with Crippen molar-refractivity contribution >= 4 is 51.9 Å². The van der Waals surface area contributed by atoms with Gasteiger partial charge in [-0.1, -0.05) is 5.16 Å². The van der Waals surface area contributed by atoms with Gasteiger partial charge in [-0.25, -0.2) is 9.78 Å². The lowest BCUT2D eigenvalue weighted by molar-refractivity contribution is -0.150. The second-order valence-electron chi connectivity index (χ2n) is 7.70. The van der Waals surface area contributed by atoms with E-state index in [1.165, 1.54) is 11.8 Å². The summed E-state index contributed by atoms with van der Waals surface area (Å²) in [6, 6.07) is 2.64. The third-order valence-electron chi connectivity index (χ3n) is 5.47. The maximum Gasteiger partial charge on any atom is 0.352 e. The van der Waals surface area contributed by atoms with Crippen LogP contribution in [0.5, 0.6) is 0 Å². The molecular weight excluding hydrogens is 510 g/mol. The Kier molecular flexibility index (Phi) is 6.11. The van der Waals surface area contributed by atoms with E-state index in [-0.39, 0.29) is 23.2 Å². The summed E-state index contributed by atoms with van der Waals surface area (Å²) in [4.78, 5) is 51.0. The second kappa shape index (κ2) is 9.38. The van der Waals surface area contributed by atoms with E-state index in [2.05, 4.69) is 29.8 Å². The fraction of sp³-hybridized carbons (Fsp3) is 0.200. The molecule has 2 atom stereocenters. The molecule has 0 spiro atoms. The number of oxime groups is 1. The van der Waals surface area contributed by atoms with Crippen LogP contribution in [0.3, 0.4) is 0 Å². The molecule has 1 saturated heterocycles. The zero-order valence-corrected chi connectivity index (χ0v) is 19.8. The second-order valence-corrected chi connectivity index (χ2v) is 9.58. The van der Waals surface area contributed by atoms with E-state index >= 15 is 0 Å². The van der Waals surface area contributed by atoms with Crippen molar-refractivity contribution in [2.24, 2.45) is 5.16 Å². The first-order chi connectivity index (χ1) is 17.4. The number of aromatic nitrogens is 5. The third-order valence-corrected chi connectivity index (χ3v) is 7.35. The predicted molar refractivity (Wildman–Crippen MR) is 128 cm³/mol. The quantitative estimate of drug-likeness (QED) is 0.139. The Hall–Kier alpha value is -4.31. The number of pyridine rings is 1. The Morgan fingerprint density at radius 2 is 2.19 bits per heavy atom. The summed E-state index contributed by atoms with van der Waals surface area (Å²) in [5.74, 6) is -2.60. The van der Waals surface area contributed by atoms with Crippen LogP contribution in [0.15, 0.2) is 53.5 Å². The van der Waals surface area contributed by atoms with Crippen LogP contribution in [0.25, 0.3) is 11.3 Å². The van der Waals surface area contributed by atoms with Gasteiger partial charge in [-0.15, -0.1) is 11.8 Å². The Labute approximate surface area is 210 Å². The number of fused-ring (bicyclic) bond motifs is 1. The highest BCUT2D eigenvalue weighted by atomic mass is 32.2. The number of rotatable bonds is 7. The van der Waals surface area contributed by atoms with E-state index in [0.717, 1.165) is 22.0 Å². The number of carboxylic acids is 1. The van der Waals surface area contributed by atoms with Crippen molar-refractivity contribution < 1.29 is 24.7 Å². The molecule has 0 radical (unpaired) electrons. The molecule has 1 fully saturated rings. The van der Waals surface area contributed by atoms with Gasteiger partial charge in [0.05, 0.1) is 12.0 Å². The molecule has 2 amide bonds. The van der Waals surface area contributed by atoms with E-state index in [4.69, 9.17) is 5.73 Å². The number of nitrogens with two attached hydrogens (primary N) is 1.